The topological polar surface area (TPSA) is 59.3 Å². The van der Waals surface area contributed by atoms with Gasteiger partial charge in [0.1, 0.15) is 11.8 Å². The Labute approximate surface area is 218 Å². The van der Waals surface area contributed by atoms with E-state index in [-0.39, 0.29) is 16.9 Å². The average Bonchev–Trinajstić information content (AvgIpc) is 3.42. The maximum atomic E-state index is 14.3. The molecule has 4 rings (SSSR count). The third-order valence-electron chi connectivity index (χ3n) is 6.76. The minimum atomic E-state index is -4.62. The van der Waals surface area contributed by atoms with Crippen molar-refractivity contribution in [2.75, 3.05) is 0 Å². The highest BCUT2D eigenvalue weighted by Crippen LogP contribution is 2.61. The lowest BCUT2D eigenvalue weighted by atomic mass is 10.0. The molecule has 3 atom stereocenters. The maximum absolute atomic E-state index is 14.3. The predicted octanol–water partition coefficient (Wildman–Crippen LogP) is 7.95. The van der Waals surface area contributed by atoms with Crippen LogP contribution < -0.4 is 4.74 Å². The van der Waals surface area contributed by atoms with E-state index in [1.165, 1.54) is 24.3 Å². The molecule has 196 valence electrons. The molecule has 3 unspecified atom stereocenters. The van der Waals surface area contributed by atoms with Crippen molar-refractivity contribution in [3.63, 3.8) is 0 Å². The van der Waals surface area contributed by atoms with E-state index >= 15 is 0 Å². The van der Waals surface area contributed by atoms with E-state index in [1.54, 1.807) is 63.2 Å². The van der Waals surface area contributed by atoms with E-state index in [1.807, 2.05) is 6.07 Å². The lowest BCUT2D eigenvalue weighted by Crippen LogP contribution is -2.15. The number of rotatable bonds is 7. The molecule has 3 aromatic carbocycles. The van der Waals surface area contributed by atoms with Crippen LogP contribution in [0.4, 0.5) is 17.6 Å². The van der Waals surface area contributed by atoms with Crippen molar-refractivity contribution >= 4 is 11.5 Å². The summed E-state index contributed by atoms with van der Waals surface area (Å²) in [6.07, 6.45) is -4.95. The first-order valence-electron chi connectivity index (χ1n) is 11.9. The van der Waals surface area contributed by atoms with Gasteiger partial charge in [-0.3, -0.25) is 4.79 Å². The number of halogens is 4. The summed E-state index contributed by atoms with van der Waals surface area (Å²) >= 11 is 0. The first kappa shape index (κ1) is 26.9. The quantitative estimate of drug-likeness (QED) is 0.233. The number of allylic oxidation sites excluding steroid dienone is 2. The van der Waals surface area contributed by atoms with Gasteiger partial charge in [-0.1, -0.05) is 74.0 Å². The van der Waals surface area contributed by atoms with Crippen molar-refractivity contribution in [1.82, 2.24) is 0 Å². The molecule has 1 aliphatic carbocycles. The monoisotopic (exact) mass is 523 g/mol. The molecule has 0 N–H and O–H groups in total. The fourth-order valence-corrected chi connectivity index (χ4v) is 4.44. The highest BCUT2D eigenvalue weighted by molar-refractivity contribution is 5.80. The predicted molar refractivity (Wildman–Crippen MR) is 133 cm³/mol. The van der Waals surface area contributed by atoms with E-state index in [2.05, 4.69) is 0 Å². The summed E-state index contributed by atoms with van der Waals surface area (Å²) in [4.78, 5) is 13.0. The van der Waals surface area contributed by atoms with Gasteiger partial charge in [-0.05, 0) is 48.1 Å². The SMILES string of the molecule is Cc1ccc(C(=CC2C(C(=O)OC(C#N)c3ccc(F)c(Oc4ccccc4)c3)C2(C)C)C(F)(F)F)cc1. The first-order valence-corrected chi connectivity index (χ1v) is 11.9. The van der Waals surface area contributed by atoms with Crippen LogP contribution >= 0.6 is 0 Å². The number of nitriles is 1. The molecule has 38 heavy (non-hydrogen) atoms. The molecule has 0 radical (unpaired) electrons. The Morgan fingerprint density at radius 1 is 1.05 bits per heavy atom. The zero-order valence-corrected chi connectivity index (χ0v) is 20.9. The van der Waals surface area contributed by atoms with Crippen molar-refractivity contribution in [1.29, 1.82) is 5.26 Å². The number of aryl methyl sites for hydroxylation is 1. The Balaban J connectivity index is 1.55. The van der Waals surface area contributed by atoms with Crippen LogP contribution in [-0.4, -0.2) is 12.1 Å². The van der Waals surface area contributed by atoms with Gasteiger partial charge < -0.3 is 9.47 Å². The van der Waals surface area contributed by atoms with Gasteiger partial charge in [0, 0.05) is 5.56 Å². The molecule has 1 fully saturated rings. The second kappa shape index (κ2) is 10.3. The largest absolute Gasteiger partial charge is 0.454 e. The summed E-state index contributed by atoms with van der Waals surface area (Å²) in [5.74, 6) is -2.91. The fraction of sp³-hybridized carbons (Fsp3) is 0.267. The lowest BCUT2D eigenvalue weighted by Gasteiger charge is -2.14. The van der Waals surface area contributed by atoms with Crippen LogP contribution in [0.25, 0.3) is 5.57 Å². The zero-order valence-electron chi connectivity index (χ0n) is 20.9. The number of ether oxygens (including phenoxy) is 2. The van der Waals surface area contributed by atoms with E-state index in [9.17, 15) is 27.6 Å². The van der Waals surface area contributed by atoms with E-state index < -0.39 is 46.9 Å². The standard InChI is InChI=1S/C30H25F4NO3/c1-18-9-11-19(12-10-18)22(30(32,33)34)16-23-27(29(23,2)3)28(36)38-26(17-35)20-13-14-24(31)25(15-20)37-21-7-5-4-6-8-21/h4-16,23,26-27H,1-3H3. The van der Waals surface area contributed by atoms with E-state index in [0.717, 1.165) is 17.7 Å². The summed E-state index contributed by atoms with van der Waals surface area (Å²) in [5.41, 5.74) is -0.643. The smallest absolute Gasteiger partial charge is 0.416 e. The number of carbonyl (C=O) groups excluding carboxylic acids is 1. The molecule has 0 aliphatic heterocycles. The Morgan fingerprint density at radius 2 is 1.71 bits per heavy atom. The van der Waals surface area contributed by atoms with Gasteiger partial charge in [0.25, 0.3) is 0 Å². The second-order valence-corrected chi connectivity index (χ2v) is 9.82. The van der Waals surface area contributed by atoms with Crippen LogP contribution in [0.3, 0.4) is 0 Å². The van der Waals surface area contributed by atoms with Gasteiger partial charge in [0.2, 0.25) is 6.10 Å². The number of benzene rings is 3. The van der Waals surface area contributed by atoms with E-state index in [4.69, 9.17) is 9.47 Å². The molecule has 4 nitrogen and oxygen atoms in total. The number of carbonyl (C=O) groups is 1. The van der Waals surface area contributed by atoms with Gasteiger partial charge in [-0.25, -0.2) is 4.39 Å². The number of esters is 1. The van der Waals surface area contributed by atoms with Gasteiger partial charge in [-0.2, -0.15) is 18.4 Å². The molecule has 0 bridgehead atoms. The molecule has 0 heterocycles. The minimum absolute atomic E-state index is 0.00470. The Bertz CT molecular complexity index is 1390. The van der Waals surface area contributed by atoms with Crippen molar-refractivity contribution < 1.29 is 31.8 Å². The number of alkyl halides is 3. The Kier molecular flexibility index (Phi) is 7.32. The van der Waals surface area contributed by atoms with Gasteiger partial charge in [0.15, 0.2) is 11.6 Å². The Hall–Kier alpha value is -4.12. The van der Waals surface area contributed by atoms with Crippen LogP contribution in [0.5, 0.6) is 11.5 Å². The van der Waals surface area contributed by atoms with Crippen molar-refractivity contribution in [2.45, 2.75) is 33.1 Å². The normalized spacial score (nSPS) is 19.3. The molecule has 1 aliphatic rings. The molecule has 0 saturated heterocycles. The molecular weight excluding hydrogens is 498 g/mol. The third kappa shape index (κ3) is 5.72. The molecule has 3 aromatic rings. The molecule has 0 amide bonds. The average molecular weight is 524 g/mol. The highest BCUT2D eigenvalue weighted by atomic mass is 19.4. The van der Waals surface area contributed by atoms with Gasteiger partial charge in [-0.15, -0.1) is 0 Å². The van der Waals surface area contributed by atoms with Crippen LogP contribution in [-0.2, 0) is 9.53 Å². The first-order chi connectivity index (χ1) is 17.9. The van der Waals surface area contributed by atoms with Crippen LogP contribution in [0.1, 0.15) is 36.6 Å². The molecule has 1 saturated carbocycles. The fourth-order valence-electron chi connectivity index (χ4n) is 4.44. The van der Waals surface area contributed by atoms with E-state index in [0.29, 0.717) is 5.75 Å². The summed E-state index contributed by atoms with van der Waals surface area (Å²) < 4.78 is 67.1. The summed E-state index contributed by atoms with van der Waals surface area (Å²) in [6.45, 7) is 5.13. The number of nitrogens with zero attached hydrogens (tertiary/aromatic N) is 1. The molecule has 8 heteroatoms. The number of para-hydroxylation sites is 1. The number of hydrogen-bond donors (Lipinski definition) is 0. The van der Waals surface area contributed by atoms with Crippen molar-refractivity contribution in [2.24, 2.45) is 17.3 Å². The zero-order chi connectivity index (χ0) is 27.7. The molecular formula is C30H25F4NO3. The summed E-state index contributed by atoms with van der Waals surface area (Å²) in [5, 5.41) is 9.68. The van der Waals surface area contributed by atoms with Gasteiger partial charge in [0.05, 0.1) is 11.5 Å². The van der Waals surface area contributed by atoms with Crippen molar-refractivity contribution in [3.05, 3.63) is 101 Å². The highest BCUT2D eigenvalue weighted by Gasteiger charge is 2.62. The molecule has 0 aromatic heterocycles. The Morgan fingerprint density at radius 3 is 2.32 bits per heavy atom. The van der Waals surface area contributed by atoms with Crippen LogP contribution in [0.15, 0.2) is 78.9 Å². The van der Waals surface area contributed by atoms with Crippen molar-refractivity contribution in [3.8, 4) is 17.6 Å². The third-order valence-corrected chi connectivity index (χ3v) is 6.76. The summed E-state index contributed by atoms with van der Waals surface area (Å²) in [6, 6.07) is 19.9. The van der Waals surface area contributed by atoms with Crippen LogP contribution in [0.2, 0.25) is 0 Å². The second-order valence-electron chi connectivity index (χ2n) is 9.82. The summed E-state index contributed by atoms with van der Waals surface area (Å²) in [7, 11) is 0. The van der Waals surface area contributed by atoms with Crippen LogP contribution in [0, 0.1) is 41.3 Å². The maximum Gasteiger partial charge on any atom is 0.416 e. The minimum Gasteiger partial charge on any atom is -0.454 e. The number of hydrogen-bond acceptors (Lipinski definition) is 4. The molecule has 0 spiro atoms. The van der Waals surface area contributed by atoms with Gasteiger partial charge >= 0.3 is 12.1 Å². The lowest BCUT2D eigenvalue weighted by molar-refractivity contribution is -0.149.